The summed E-state index contributed by atoms with van der Waals surface area (Å²) in [7, 11) is 1.62. The number of hydrogen-bond donors (Lipinski definition) is 1. The number of urea groups is 1. The molecule has 19 heavy (non-hydrogen) atoms. The first-order valence-electron chi connectivity index (χ1n) is 6.32. The average molecular weight is 262 g/mol. The van der Waals surface area contributed by atoms with Crippen molar-refractivity contribution >= 4 is 11.7 Å². The molecule has 0 unspecified atom stereocenters. The molecule has 0 radical (unpaired) electrons. The van der Waals surface area contributed by atoms with Gasteiger partial charge < -0.3 is 15.0 Å². The molecule has 4 nitrogen and oxygen atoms in total. The molecule has 1 aromatic carbocycles. The Morgan fingerprint density at radius 3 is 2.63 bits per heavy atom. The molecule has 1 aromatic rings. The smallest absolute Gasteiger partial charge is 0.322 e. The van der Waals surface area contributed by atoms with Gasteiger partial charge in [-0.3, -0.25) is 0 Å². The molecule has 0 aromatic heterocycles. The predicted molar refractivity (Wildman–Crippen MR) is 78.8 cm³/mol. The van der Waals surface area contributed by atoms with Gasteiger partial charge in [-0.1, -0.05) is 12.2 Å². The van der Waals surface area contributed by atoms with E-state index < -0.39 is 0 Å². The molecule has 0 saturated heterocycles. The quantitative estimate of drug-likeness (QED) is 0.826. The Bertz CT molecular complexity index is 469. The lowest BCUT2D eigenvalue weighted by Crippen LogP contribution is -2.36. The number of aryl methyl sites for hydroxylation is 1. The first-order chi connectivity index (χ1) is 8.97. The fraction of sp³-hybridized carbons (Fsp3) is 0.400. The molecule has 0 aliphatic carbocycles. The molecule has 1 rings (SSSR count). The van der Waals surface area contributed by atoms with Gasteiger partial charge >= 0.3 is 6.03 Å². The highest BCUT2D eigenvalue weighted by molar-refractivity contribution is 5.90. The number of carbonyl (C=O) groups is 1. The molecule has 0 aliphatic rings. The van der Waals surface area contributed by atoms with Crippen molar-refractivity contribution in [2.45, 2.75) is 20.8 Å². The Morgan fingerprint density at radius 1 is 1.47 bits per heavy atom. The van der Waals surface area contributed by atoms with Crippen molar-refractivity contribution in [2.24, 2.45) is 0 Å². The van der Waals surface area contributed by atoms with Crippen LogP contribution in [0.4, 0.5) is 10.5 Å². The van der Waals surface area contributed by atoms with Crippen LogP contribution in [0.25, 0.3) is 0 Å². The fourth-order valence-electron chi connectivity index (χ4n) is 1.75. The van der Waals surface area contributed by atoms with Crippen LogP contribution in [-0.4, -0.2) is 31.1 Å². The van der Waals surface area contributed by atoms with Crippen molar-refractivity contribution in [1.29, 1.82) is 0 Å². The summed E-state index contributed by atoms with van der Waals surface area (Å²) in [5, 5.41) is 2.91. The van der Waals surface area contributed by atoms with Gasteiger partial charge in [-0.05, 0) is 44.5 Å². The largest absolute Gasteiger partial charge is 0.497 e. The third kappa shape index (κ3) is 4.32. The Labute approximate surface area is 115 Å². The number of nitrogens with one attached hydrogen (secondary N) is 1. The molecule has 0 spiro atoms. The van der Waals surface area contributed by atoms with E-state index in [2.05, 4.69) is 11.9 Å². The summed E-state index contributed by atoms with van der Waals surface area (Å²) in [5.41, 5.74) is 2.73. The maximum atomic E-state index is 12.1. The van der Waals surface area contributed by atoms with Gasteiger partial charge in [0.1, 0.15) is 5.75 Å². The number of rotatable bonds is 5. The van der Waals surface area contributed by atoms with Gasteiger partial charge in [0, 0.05) is 18.8 Å². The Morgan fingerprint density at radius 2 is 2.16 bits per heavy atom. The molecule has 0 aliphatic heterocycles. The van der Waals surface area contributed by atoms with Crippen LogP contribution >= 0.6 is 0 Å². The Hall–Kier alpha value is -1.97. The molecule has 4 heteroatoms. The molecule has 0 atom stereocenters. The summed E-state index contributed by atoms with van der Waals surface area (Å²) in [5.74, 6) is 0.782. The zero-order chi connectivity index (χ0) is 14.4. The van der Waals surface area contributed by atoms with Crippen molar-refractivity contribution < 1.29 is 9.53 Å². The number of carbonyl (C=O) groups excluding carboxylic acids is 1. The Kier molecular flexibility index (Phi) is 5.42. The SMILES string of the molecule is C=C(C)CN(CC)C(=O)Nc1ccc(OC)cc1C. The molecular weight excluding hydrogens is 240 g/mol. The van der Waals surface area contributed by atoms with Crippen LogP contribution in [0.2, 0.25) is 0 Å². The van der Waals surface area contributed by atoms with Crippen LogP contribution in [0.5, 0.6) is 5.75 Å². The van der Waals surface area contributed by atoms with Crippen LogP contribution in [-0.2, 0) is 0 Å². The second-order valence-corrected chi connectivity index (χ2v) is 4.58. The van der Waals surface area contributed by atoms with Gasteiger partial charge in [-0.15, -0.1) is 0 Å². The van der Waals surface area contributed by atoms with Crippen molar-refractivity contribution in [3.8, 4) is 5.75 Å². The van der Waals surface area contributed by atoms with E-state index in [0.717, 1.165) is 22.6 Å². The van der Waals surface area contributed by atoms with Gasteiger partial charge in [0.05, 0.1) is 7.11 Å². The topological polar surface area (TPSA) is 41.6 Å². The van der Waals surface area contributed by atoms with Crippen LogP contribution in [0.15, 0.2) is 30.4 Å². The van der Waals surface area contributed by atoms with E-state index in [4.69, 9.17) is 4.74 Å². The first kappa shape index (κ1) is 15.1. The lowest BCUT2D eigenvalue weighted by atomic mass is 10.2. The lowest BCUT2D eigenvalue weighted by molar-refractivity contribution is 0.218. The van der Waals surface area contributed by atoms with Gasteiger partial charge in [-0.25, -0.2) is 4.79 Å². The normalized spacial score (nSPS) is 9.89. The summed E-state index contributed by atoms with van der Waals surface area (Å²) in [6.07, 6.45) is 0. The van der Waals surface area contributed by atoms with Crippen molar-refractivity contribution in [3.05, 3.63) is 35.9 Å². The van der Waals surface area contributed by atoms with Crippen molar-refractivity contribution in [3.63, 3.8) is 0 Å². The number of methoxy groups -OCH3 is 1. The van der Waals surface area contributed by atoms with Crippen LogP contribution < -0.4 is 10.1 Å². The molecule has 0 saturated carbocycles. The van der Waals surface area contributed by atoms with Gasteiger partial charge in [-0.2, -0.15) is 0 Å². The maximum Gasteiger partial charge on any atom is 0.322 e. The number of ether oxygens (including phenoxy) is 1. The van der Waals surface area contributed by atoms with Gasteiger partial charge in [0.2, 0.25) is 0 Å². The molecule has 2 amide bonds. The second-order valence-electron chi connectivity index (χ2n) is 4.58. The highest BCUT2D eigenvalue weighted by Crippen LogP contribution is 2.21. The highest BCUT2D eigenvalue weighted by Gasteiger charge is 2.12. The van der Waals surface area contributed by atoms with Gasteiger partial charge in [0.15, 0.2) is 0 Å². The average Bonchev–Trinajstić information content (AvgIpc) is 2.37. The second kappa shape index (κ2) is 6.83. The minimum absolute atomic E-state index is 0.112. The van der Waals surface area contributed by atoms with Crippen molar-refractivity contribution in [2.75, 3.05) is 25.5 Å². The lowest BCUT2D eigenvalue weighted by Gasteiger charge is -2.22. The van der Waals surface area contributed by atoms with E-state index in [0.29, 0.717) is 13.1 Å². The predicted octanol–water partition coefficient (Wildman–Crippen LogP) is 3.43. The Balaban J connectivity index is 2.78. The molecule has 104 valence electrons. The zero-order valence-electron chi connectivity index (χ0n) is 12.1. The number of amides is 2. The molecule has 0 fully saturated rings. The highest BCUT2D eigenvalue weighted by atomic mass is 16.5. The summed E-state index contributed by atoms with van der Waals surface area (Å²) >= 11 is 0. The molecule has 0 bridgehead atoms. The number of nitrogens with zero attached hydrogens (tertiary/aromatic N) is 1. The van der Waals surface area contributed by atoms with Crippen molar-refractivity contribution in [1.82, 2.24) is 4.90 Å². The number of benzene rings is 1. The van der Waals surface area contributed by atoms with E-state index >= 15 is 0 Å². The third-order valence-electron chi connectivity index (χ3n) is 2.80. The summed E-state index contributed by atoms with van der Waals surface area (Å²) in [6.45, 7) is 10.8. The van der Waals surface area contributed by atoms with E-state index in [-0.39, 0.29) is 6.03 Å². The minimum atomic E-state index is -0.112. The number of likely N-dealkylation sites (N-methyl/N-ethyl adjacent to an activating group) is 1. The maximum absolute atomic E-state index is 12.1. The standard InChI is InChI=1S/C15H22N2O2/c1-6-17(10-11(2)3)15(18)16-14-8-7-13(19-5)9-12(14)4/h7-9H,2,6,10H2,1,3-5H3,(H,16,18). The van der Waals surface area contributed by atoms with E-state index in [9.17, 15) is 4.79 Å². The fourth-order valence-corrected chi connectivity index (χ4v) is 1.75. The first-order valence-corrected chi connectivity index (χ1v) is 6.32. The van der Waals surface area contributed by atoms with E-state index in [1.165, 1.54) is 0 Å². The van der Waals surface area contributed by atoms with Crippen LogP contribution in [0.3, 0.4) is 0 Å². The summed E-state index contributed by atoms with van der Waals surface area (Å²) in [6, 6.07) is 5.46. The van der Waals surface area contributed by atoms with Crippen LogP contribution in [0.1, 0.15) is 19.4 Å². The molecule has 0 heterocycles. The van der Waals surface area contributed by atoms with Gasteiger partial charge in [0.25, 0.3) is 0 Å². The van der Waals surface area contributed by atoms with Crippen LogP contribution in [0, 0.1) is 6.92 Å². The zero-order valence-corrected chi connectivity index (χ0v) is 12.1. The molecule has 1 N–H and O–H groups in total. The van der Waals surface area contributed by atoms with E-state index in [1.807, 2.05) is 39.0 Å². The summed E-state index contributed by atoms with van der Waals surface area (Å²) in [4.78, 5) is 13.8. The summed E-state index contributed by atoms with van der Waals surface area (Å²) < 4.78 is 5.14. The number of hydrogen-bond acceptors (Lipinski definition) is 2. The molecular formula is C15H22N2O2. The third-order valence-corrected chi connectivity index (χ3v) is 2.80. The monoisotopic (exact) mass is 262 g/mol. The van der Waals surface area contributed by atoms with E-state index in [1.54, 1.807) is 12.0 Å². The minimum Gasteiger partial charge on any atom is -0.497 e. The number of anilines is 1.